The zero-order valence-corrected chi connectivity index (χ0v) is 14.1. The lowest BCUT2D eigenvalue weighted by molar-refractivity contribution is -0.384. The predicted octanol–water partition coefficient (Wildman–Crippen LogP) is 3.00. The highest BCUT2D eigenvalue weighted by molar-refractivity contribution is 6.03. The lowest BCUT2D eigenvalue weighted by atomic mass is 10.0. The number of ether oxygens (including phenoxy) is 1. The molecule has 2 aromatic rings. The normalized spacial score (nSPS) is 15.2. The molecule has 1 N–H and O–H groups in total. The van der Waals surface area contributed by atoms with Crippen LogP contribution in [0.3, 0.4) is 0 Å². The predicted molar refractivity (Wildman–Crippen MR) is 92.4 cm³/mol. The van der Waals surface area contributed by atoms with Crippen LogP contribution in [0.2, 0.25) is 0 Å². The van der Waals surface area contributed by atoms with Crippen molar-refractivity contribution in [2.24, 2.45) is 0 Å². The minimum absolute atomic E-state index is 0.0334. The fourth-order valence-electron chi connectivity index (χ4n) is 2.77. The average Bonchev–Trinajstić information content (AvgIpc) is 2.58. The number of benzene rings is 2. The summed E-state index contributed by atoms with van der Waals surface area (Å²) in [5.41, 5.74) is 0.0240. The molecule has 26 heavy (non-hydrogen) atoms. The standard InChI is InChI=1S/C18H16N2O6/c1-18(2)17(23)19(10-11-3-6-13(7-4-11)20(24)25)14-8-5-12(16(21)22)9-15(14)26-18/h3-9H,10H2,1-2H3,(H,21,22). The Morgan fingerprint density at radius 2 is 1.88 bits per heavy atom. The molecular formula is C18H16N2O6. The largest absolute Gasteiger partial charge is 0.478 e. The molecule has 1 heterocycles. The number of carboxylic acids is 1. The number of nitro groups is 1. The summed E-state index contributed by atoms with van der Waals surface area (Å²) in [5, 5.41) is 19.9. The Labute approximate surface area is 148 Å². The minimum Gasteiger partial charge on any atom is -0.478 e. The van der Waals surface area contributed by atoms with Crippen LogP contribution in [0.15, 0.2) is 42.5 Å². The molecule has 0 unspecified atom stereocenters. The first-order valence-corrected chi connectivity index (χ1v) is 7.81. The van der Waals surface area contributed by atoms with E-state index in [-0.39, 0.29) is 23.7 Å². The molecule has 2 aromatic carbocycles. The number of anilines is 1. The number of carboxylic acid groups (broad SMARTS) is 1. The van der Waals surface area contributed by atoms with E-state index in [1.807, 2.05) is 0 Å². The second-order valence-corrected chi connectivity index (χ2v) is 6.41. The molecule has 0 saturated heterocycles. The quantitative estimate of drug-likeness (QED) is 0.666. The van der Waals surface area contributed by atoms with E-state index >= 15 is 0 Å². The lowest BCUT2D eigenvalue weighted by Crippen LogP contribution is -2.52. The minimum atomic E-state index is -1.16. The van der Waals surface area contributed by atoms with Gasteiger partial charge in [0.15, 0.2) is 5.60 Å². The van der Waals surface area contributed by atoms with Crippen LogP contribution in [0.4, 0.5) is 11.4 Å². The summed E-state index contributed by atoms with van der Waals surface area (Å²) >= 11 is 0. The fraction of sp³-hybridized carbons (Fsp3) is 0.222. The van der Waals surface area contributed by atoms with E-state index in [1.165, 1.54) is 35.2 Å². The first-order chi connectivity index (χ1) is 12.2. The van der Waals surface area contributed by atoms with E-state index in [2.05, 4.69) is 0 Å². The van der Waals surface area contributed by atoms with Gasteiger partial charge >= 0.3 is 5.97 Å². The van der Waals surface area contributed by atoms with E-state index in [0.29, 0.717) is 17.0 Å². The summed E-state index contributed by atoms with van der Waals surface area (Å²) in [6.07, 6.45) is 0. The van der Waals surface area contributed by atoms with Gasteiger partial charge in [-0.3, -0.25) is 14.9 Å². The third kappa shape index (κ3) is 3.08. The van der Waals surface area contributed by atoms with Crippen LogP contribution in [0.5, 0.6) is 5.75 Å². The van der Waals surface area contributed by atoms with Crippen LogP contribution >= 0.6 is 0 Å². The zero-order valence-electron chi connectivity index (χ0n) is 14.1. The average molecular weight is 356 g/mol. The molecule has 1 aliphatic heterocycles. The number of fused-ring (bicyclic) bond motifs is 1. The Bertz CT molecular complexity index is 904. The second kappa shape index (κ2) is 6.14. The molecular weight excluding hydrogens is 340 g/mol. The fourth-order valence-corrected chi connectivity index (χ4v) is 2.77. The first-order valence-electron chi connectivity index (χ1n) is 7.81. The van der Waals surface area contributed by atoms with Gasteiger partial charge in [-0.05, 0) is 37.6 Å². The van der Waals surface area contributed by atoms with Crippen LogP contribution in [-0.2, 0) is 11.3 Å². The van der Waals surface area contributed by atoms with Crippen molar-refractivity contribution in [1.82, 2.24) is 0 Å². The third-order valence-corrected chi connectivity index (χ3v) is 4.11. The Morgan fingerprint density at radius 3 is 2.46 bits per heavy atom. The van der Waals surface area contributed by atoms with E-state index in [9.17, 15) is 19.7 Å². The molecule has 1 amide bonds. The first kappa shape index (κ1) is 17.4. The van der Waals surface area contributed by atoms with E-state index in [1.54, 1.807) is 26.0 Å². The van der Waals surface area contributed by atoms with Crippen LogP contribution < -0.4 is 9.64 Å². The molecule has 0 aliphatic carbocycles. The highest BCUT2D eigenvalue weighted by Gasteiger charge is 2.41. The van der Waals surface area contributed by atoms with Crippen molar-refractivity contribution >= 4 is 23.3 Å². The molecule has 8 heteroatoms. The van der Waals surface area contributed by atoms with Gasteiger partial charge in [0, 0.05) is 12.1 Å². The molecule has 0 bridgehead atoms. The Kier molecular flexibility index (Phi) is 4.11. The number of hydrogen-bond acceptors (Lipinski definition) is 5. The van der Waals surface area contributed by atoms with Crippen LogP contribution in [0.1, 0.15) is 29.8 Å². The van der Waals surface area contributed by atoms with Gasteiger partial charge in [-0.1, -0.05) is 12.1 Å². The van der Waals surface area contributed by atoms with Crippen LogP contribution in [0, 0.1) is 10.1 Å². The number of nitro benzene ring substituents is 1. The number of hydrogen-bond donors (Lipinski definition) is 1. The van der Waals surface area contributed by atoms with Gasteiger partial charge in [0.1, 0.15) is 5.75 Å². The van der Waals surface area contributed by atoms with Crippen molar-refractivity contribution in [2.75, 3.05) is 4.90 Å². The van der Waals surface area contributed by atoms with Crippen molar-refractivity contribution in [3.8, 4) is 5.75 Å². The van der Waals surface area contributed by atoms with E-state index in [0.717, 1.165) is 0 Å². The Balaban J connectivity index is 1.99. The van der Waals surface area contributed by atoms with Gasteiger partial charge in [0.05, 0.1) is 22.7 Å². The Hall–Kier alpha value is -3.42. The van der Waals surface area contributed by atoms with Crippen molar-refractivity contribution in [1.29, 1.82) is 0 Å². The molecule has 0 atom stereocenters. The summed E-state index contributed by atoms with van der Waals surface area (Å²) in [4.78, 5) is 35.7. The smallest absolute Gasteiger partial charge is 0.335 e. The summed E-state index contributed by atoms with van der Waals surface area (Å²) in [6, 6.07) is 10.2. The summed E-state index contributed by atoms with van der Waals surface area (Å²) in [6.45, 7) is 3.39. The maximum atomic E-state index is 12.8. The number of nitrogens with zero attached hydrogens (tertiary/aromatic N) is 2. The molecule has 0 spiro atoms. The summed E-state index contributed by atoms with van der Waals surface area (Å²) < 4.78 is 5.70. The summed E-state index contributed by atoms with van der Waals surface area (Å²) in [7, 11) is 0. The number of non-ortho nitro benzene ring substituents is 1. The molecule has 3 rings (SSSR count). The van der Waals surface area contributed by atoms with Crippen molar-refractivity contribution < 1.29 is 24.4 Å². The molecule has 0 saturated carbocycles. The van der Waals surface area contributed by atoms with Crippen molar-refractivity contribution in [3.05, 3.63) is 63.7 Å². The molecule has 0 fully saturated rings. The van der Waals surface area contributed by atoms with Crippen LogP contribution in [-0.4, -0.2) is 27.5 Å². The second-order valence-electron chi connectivity index (χ2n) is 6.41. The van der Waals surface area contributed by atoms with E-state index < -0.39 is 16.5 Å². The molecule has 0 radical (unpaired) electrons. The highest BCUT2D eigenvalue weighted by Crippen LogP contribution is 2.39. The number of aromatic carboxylic acids is 1. The number of carbonyl (C=O) groups is 2. The van der Waals surface area contributed by atoms with Gasteiger partial charge in [-0.25, -0.2) is 4.79 Å². The zero-order chi connectivity index (χ0) is 19.1. The topological polar surface area (TPSA) is 110 Å². The highest BCUT2D eigenvalue weighted by atomic mass is 16.6. The number of amides is 1. The SMILES string of the molecule is CC1(C)Oc2cc(C(=O)O)ccc2N(Cc2ccc([N+](=O)[O-])cc2)C1=O. The molecule has 8 nitrogen and oxygen atoms in total. The third-order valence-electron chi connectivity index (χ3n) is 4.11. The Morgan fingerprint density at radius 1 is 1.23 bits per heavy atom. The number of rotatable bonds is 4. The molecule has 1 aliphatic rings. The van der Waals surface area contributed by atoms with Crippen LogP contribution in [0.25, 0.3) is 0 Å². The lowest BCUT2D eigenvalue weighted by Gasteiger charge is -2.39. The molecule has 134 valence electrons. The van der Waals surface area contributed by atoms with Gasteiger partial charge < -0.3 is 14.7 Å². The number of carbonyl (C=O) groups excluding carboxylic acids is 1. The van der Waals surface area contributed by atoms with Crippen molar-refractivity contribution in [2.45, 2.75) is 26.0 Å². The van der Waals surface area contributed by atoms with Crippen molar-refractivity contribution in [3.63, 3.8) is 0 Å². The molecule has 0 aromatic heterocycles. The maximum absolute atomic E-state index is 12.8. The monoisotopic (exact) mass is 356 g/mol. The van der Waals surface area contributed by atoms with Gasteiger partial charge in [-0.2, -0.15) is 0 Å². The van der Waals surface area contributed by atoms with E-state index in [4.69, 9.17) is 9.84 Å². The van der Waals surface area contributed by atoms with Gasteiger partial charge in [0.25, 0.3) is 11.6 Å². The summed E-state index contributed by atoms with van der Waals surface area (Å²) in [5.74, 6) is -1.07. The van der Waals surface area contributed by atoms with Gasteiger partial charge in [0.2, 0.25) is 0 Å². The maximum Gasteiger partial charge on any atom is 0.335 e. The van der Waals surface area contributed by atoms with Gasteiger partial charge in [-0.15, -0.1) is 0 Å².